The molecular weight excluding hydrogens is 176 g/mol. The van der Waals surface area contributed by atoms with Crippen LogP contribution in [0.4, 0.5) is 0 Å². The van der Waals surface area contributed by atoms with Gasteiger partial charge in [0.2, 0.25) is 0 Å². The number of hydrogen-bond donors (Lipinski definition) is 2. The van der Waals surface area contributed by atoms with Crippen molar-refractivity contribution >= 4 is 0 Å². The second-order valence-electron chi connectivity index (χ2n) is 4.90. The monoisotopic (exact) mass is 196 g/mol. The molecule has 2 N–H and O–H groups in total. The van der Waals surface area contributed by atoms with Gasteiger partial charge in [-0.3, -0.25) is 0 Å². The van der Waals surface area contributed by atoms with Crippen molar-refractivity contribution in [1.29, 1.82) is 0 Å². The molecule has 2 aliphatic carbocycles. The molecule has 2 saturated carbocycles. The van der Waals surface area contributed by atoms with E-state index < -0.39 is 11.2 Å². The molecule has 2 heteroatoms. The lowest BCUT2D eigenvalue weighted by Gasteiger charge is -2.50. The van der Waals surface area contributed by atoms with E-state index in [1.54, 1.807) is 6.08 Å². The summed E-state index contributed by atoms with van der Waals surface area (Å²) in [6.07, 6.45) is 8.49. The van der Waals surface area contributed by atoms with Gasteiger partial charge in [0.15, 0.2) is 0 Å². The van der Waals surface area contributed by atoms with E-state index in [-0.39, 0.29) is 5.92 Å². The van der Waals surface area contributed by atoms with Gasteiger partial charge in [0, 0.05) is 0 Å². The zero-order valence-electron chi connectivity index (χ0n) is 8.71. The van der Waals surface area contributed by atoms with Crippen LogP contribution in [-0.4, -0.2) is 21.4 Å². The average molecular weight is 196 g/mol. The molecule has 2 fully saturated rings. The Labute approximate surface area is 85.6 Å². The van der Waals surface area contributed by atoms with Crippen LogP contribution < -0.4 is 0 Å². The van der Waals surface area contributed by atoms with Crippen LogP contribution in [0.1, 0.15) is 44.9 Å². The number of rotatable bonds is 3. The van der Waals surface area contributed by atoms with Crippen LogP contribution in [0.15, 0.2) is 12.7 Å². The number of aliphatic hydroxyl groups is 2. The van der Waals surface area contributed by atoms with Crippen molar-refractivity contribution in [3.63, 3.8) is 0 Å². The maximum Gasteiger partial charge on any atom is 0.114 e. The molecule has 80 valence electrons. The molecule has 0 heterocycles. The van der Waals surface area contributed by atoms with Crippen LogP contribution in [0.25, 0.3) is 0 Å². The summed E-state index contributed by atoms with van der Waals surface area (Å²) in [4.78, 5) is 0. The summed E-state index contributed by atoms with van der Waals surface area (Å²) in [5.41, 5.74) is -1.90. The summed E-state index contributed by atoms with van der Waals surface area (Å²) in [6.45, 7) is 3.72. The molecule has 0 bridgehead atoms. The molecule has 0 aromatic heterocycles. The Morgan fingerprint density at radius 3 is 2.14 bits per heavy atom. The van der Waals surface area contributed by atoms with Gasteiger partial charge in [-0.05, 0) is 38.0 Å². The topological polar surface area (TPSA) is 40.5 Å². The highest BCUT2D eigenvalue weighted by Gasteiger charge is 2.55. The van der Waals surface area contributed by atoms with Crippen LogP contribution >= 0.6 is 0 Å². The molecule has 1 atom stereocenters. The third-order valence-electron chi connectivity index (χ3n) is 4.21. The summed E-state index contributed by atoms with van der Waals surface area (Å²) in [5, 5.41) is 20.8. The number of hydrogen-bond acceptors (Lipinski definition) is 2. The Balaban J connectivity index is 2.18. The highest BCUT2D eigenvalue weighted by atomic mass is 16.4. The fraction of sp³-hybridized carbons (Fsp3) is 0.833. The molecule has 0 radical (unpaired) electrons. The van der Waals surface area contributed by atoms with E-state index in [4.69, 9.17) is 0 Å². The second-order valence-corrected chi connectivity index (χ2v) is 4.90. The lowest BCUT2D eigenvalue weighted by molar-refractivity contribution is -0.189. The molecule has 2 aliphatic rings. The third-order valence-corrected chi connectivity index (χ3v) is 4.21. The first-order valence-corrected chi connectivity index (χ1v) is 5.71. The van der Waals surface area contributed by atoms with Crippen molar-refractivity contribution in [3.05, 3.63) is 12.7 Å². The van der Waals surface area contributed by atoms with Crippen molar-refractivity contribution in [3.8, 4) is 0 Å². The minimum Gasteiger partial charge on any atom is -0.387 e. The Kier molecular flexibility index (Phi) is 2.44. The van der Waals surface area contributed by atoms with E-state index in [9.17, 15) is 10.2 Å². The van der Waals surface area contributed by atoms with Crippen molar-refractivity contribution in [1.82, 2.24) is 0 Å². The van der Waals surface area contributed by atoms with Gasteiger partial charge in [0.05, 0.1) is 5.60 Å². The largest absolute Gasteiger partial charge is 0.387 e. The molecule has 2 rings (SSSR count). The van der Waals surface area contributed by atoms with E-state index in [1.807, 2.05) is 0 Å². The highest BCUT2D eigenvalue weighted by molar-refractivity contribution is 5.16. The first-order valence-electron chi connectivity index (χ1n) is 5.71. The quantitative estimate of drug-likeness (QED) is 0.678. The van der Waals surface area contributed by atoms with Crippen molar-refractivity contribution in [2.45, 2.75) is 56.1 Å². The summed E-state index contributed by atoms with van der Waals surface area (Å²) in [6, 6.07) is 0. The molecule has 0 amide bonds. The SMILES string of the molecule is C=CC(O)(C1CCCC1)C1(O)CCC1. The predicted octanol–water partition coefficient (Wildman–Crippen LogP) is 2.01. The summed E-state index contributed by atoms with van der Waals surface area (Å²) >= 11 is 0. The Bertz CT molecular complexity index is 226. The van der Waals surface area contributed by atoms with E-state index in [1.165, 1.54) is 12.8 Å². The summed E-state index contributed by atoms with van der Waals surface area (Å²) < 4.78 is 0. The first-order chi connectivity index (χ1) is 6.62. The van der Waals surface area contributed by atoms with E-state index >= 15 is 0 Å². The van der Waals surface area contributed by atoms with Crippen LogP contribution in [-0.2, 0) is 0 Å². The maximum absolute atomic E-state index is 10.5. The maximum atomic E-state index is 10.5. The van der Waals surface area contributed by atoms with Gasteiger partial charge in [-0.15, -0.1) is 6.58 Å². The zero-order chi connectivity index (χ0) is 10.2. The van der Waals surface area contributed by atoms with E-state index in [0.717, 1.165) is 32.1 Å². The average Bonchev–Trinajstić information content (AvgIpc) is 2.65. The Morgan fingerprint density at radius 1 is 1.21 bits per heavy atom. The molecule has 0 aliphatic heterocycles. The van der Waals surface area contributed by atoms with Crippen molar-refractivity contribution < 1.29 is 10.2 Å². The normalized spacial score (nSPS) is 30.7. The van der Waals surface area contributed by atoms with Gasteiger partial charge < -0.3 is 10.2 Å². The van der Waals surface area contributed by atoms with Crippen LogP contribution in [0, 0.1) is 5.92 Å². The van der Waals surface area contributed by atoms with Gasteiger partial charge in [-0.2, -0.15) is 0 Å². The minimum atomic E-state index is -1.03. The van der Waals surface area contributed by atoms with E-state index in [0.29, 0.717) is 0 Å². The predicted molar refractivity (Wildman–Crippen MR) is 55.9 cm³/mol. The molecule has 0 aromatic carbocycles. The van der Waals surface area contributed by atoms with Gasteiger partial charge in [-0.25, -0.2) is 0 Å². The van der Waals surface area contributed by atoms with Gasteiger partial charge >= 0.3 is 0 Å². The third kappa shape index (κ3) is 1.24. The Hall–Kier alpha value is -0.340. The molecule has 14 heavy (non-hydrogen) atoms. The van der Waals surface area contributed by atoms with Crippen LogP contribution in [0.5, 0.6) is 0 Å². The van der Waals surface area contributed by atoms with Crippen LogP contribution in [0.3, 0.4) is 0 Å². The smallest absolute Gasteiger partial charge is 0.114 e. The van der Waals surface area contributed by atoms with Gasteiger partial charge in [0.1, 0.15) is 5.60 Å². The lowest BCUT2D eigenvalue weighted by atomic mass is 9.63. The molecular formula is C12H20O2. The molecule has 1 unspecified atom stereocenters. The molecule has 0 saturated heterocycles. The fourth-order valence-corrected chi connectivity index (χ4v) is 3.01. The standard InChI is InChI=1S/C12H20O2/c1-2-12(14,10-6-3-4-7-10)11(13)8-5-9-11/h2,10,13-14H,1,3-9H2. The molecule has 0 aromatic rings. The zero-order valence-corrected chi connectivity index (χ0v) is 8.71. The highest BCUT2D eigenvalue weighted by Crippen LogP contribution is 2.49. The second kappa shape index (κ2) is 3.35. The van der Waals surface area contributed by atoms with E-state index in [2.05, 4.69) is 6.58 Å². The van der Waals surface area contributed by atoms with Crippen LogP contribution in [0.2, 0.25) is 0 Å². The summed E-state index contributed by atoms with van der Waals surface area (Å²) in [5.74, 6) is 0.227. The summed E-state index contributed by atoms with van der Waals surface area (Å²) in [7, 11) is 0. The molecule has 2 nitrogen and oxygen atoms in total. The van der Waals surface area contributed by atoms with Crippen molar-refractivity contribution in [2.24, 2.45) is 5.92 Å². The van der Waals surface area contributed by atoms with Crippen molar-refractivity contribution in [2.75, 3.05) is 0 Å². The first kappa shape index (κ1) is 10.2. The fourth-order valence-electron chi connectivity index (χ4n) is 3.01. The lowest BCUT2D eigenvalue weighted by Crippen LogP contribution is -2.60. The Morgan fingerprint density at radius 2 is 1.79 bits per heavy atom. The molecule has 0 spiro atoms. The van der Waals surface area contributed by atoms with Gasteiger partial charge in [-0.1, -0.05) is 18.9 Å². The van der Waals surface area contributed by atoms with Gasteiger partial charge in [0.25, 0.3) is 0 Å². The minimum absolute atomic E-state index is 0.227.